The molecule has 1 aliphatic heterocycles. The molecule has 0 saturated carbocycles. The average Bonchev–Trinajstić information content (AvgIpc) is 2.65. The zero-order valence-corrected chi connectivity index (χ0v) is 19.6. The van der Waals surface area contributed by atoms with Gasteiger partial charge in [0.25, 0.3) is 0 Å². The topological polar surface area (TPSA) is 0 Å². The fraction of sp³-hybridized carbons (Fsp3) is 0.368. The van der Waals surface area contributed by atoms with Crippen molar-refractivity contribution in [1.82, 2.24) is 0 Å². The third-order valence-corrected chi connectivity index (χ3v) is 8.53. The molecule has 1 aliphatic rings. The van der Waals surface area contributed by atoms with Gasteiger partial charge >= 0.3 is 0 Å². The molecule has 0 aromatic heterocycles. The Morgan fingerprint density at radius 1 is 0.880 bits per heavy atom. The number of halogens is 2. The highest BCUT2D eigenvalue weighted by molar-refractivity contribution is 9.10. The quantitative estimate of drug-likeness (QED) is 0.425. The maximum atomic E-state index is 6.04. The van der Waals surface area contributed by atoms with Crippen molar-refractivity contribution in [2.24, 2.45) is 0 Å². The summed E-state index contributed by atoms with van der Waals surface area (Å²) < 4.78 is 1.13. The van der Waals surface area contributed by atoms with E-state index in [9.17, 15) is 0 Å². The van der Waals surface area contributed by atoms with Crippen LogP contribution in [0.25, 0.3) is 0 Å². The largest absolute Gasteiger partial charge is 0.179 e. The van der Waals surface area contributed by atoms with Gasteiger partial charge in [-0.25, -0.2) is 0 Å². The zero-order valence-electron chi connectivity index (χ0n) is 13.8. The second-order valence-electron chi connectivity index (χ2n) is 5.48. The lowest BCUT2D eigenvalue weighted by molar-refractivity contribution is 1.00. The fourth-order valence-electron chi connectivity index (χ4n) is 2.44. The Morgan fingerprint density at radius 2 is 1.36 bits per heavy atom. The number of hydrogen-bond acceptors (Lipinski definition) is 4. The molecular weight excluding hydrogens is 472 g/mol. The Bertz CT molecular complexity index is 575. The third kappa shape index (κ3) is 6.32. The predicted octanol–water partition coefficient (Wildman–Crippen LogP) is 7.41. The summed E-state index contributed by atoms with van der Waals surface area (Å²) in [6.07, 6.45) is 2.40. The molecule has 0 radical (unpaired) electrons. The van der Waals surface area contributed by atoms with E-state index in [1.807, 2.05) is 35.7 Å². The van der Waals surface area contributed by atoms with Gasteiger partial charge in [0.1, 0.15) is 4.08 Å². The third-order valence-electron chi connectivity index (χ3n) is 3.66. The monoisotopic (exact) mass is 492 g/mol. The van der Waals surface area contributed by atoms with Crippen LogP contribution in [0.1, 0.15) is 24.0 Å². The molecule has 1 fully saturated rings. The Labute approximate surface area is 184 Å². The second-order valence-corrected chi connectivity index (χ2v) is 10.6. The van der Waals surface area contributed by atoms with E-state index in [1.165, 1.54) is 29.1 Å². The minimum atomic E-state index is 0.00351. The van der Waals surface area contributed by atoms with Crippen LogP contribution in [0.2, 0.25) is 5.02 Å². The van der Waals surface area contributed by atoms with Crippen LogP contribution in [0.15, 0.2) is 53.0 Å². The van der Waals surface area contributed by atoms with Crippen molar-refractivity contribution in [2.75, 3.05) is 23.0 Å². The Morgan fingerprint density at radius 3 is 1.80 bits per heavy atom. The van der Waals surface area contributed by atoms with Gasteiger partial charge in [0.05, 0.1) is 0 Å². The van der Waals surface area contributed by atoms with Gasteiger partial charge < -0.3 is 0 Å². The van der Waals surface area contributed by atoms with E-state index in [0.29, 0.717) is 0 Å². The molecule has 0 N–H and O–H groups in total. The molecule has 25 heavy (non-hydrogen) atoms. The molecule has 0 amide bonds. The van der Waals surface area contributed by atoms with Crippen LogP contribution < -0.4 is 0 Å². The van der Waals surface area contributed by atoms with Gasteiger partial charge in [0.2, 0.25) is 0 Å². The van der Waals surface area contributed by atoms with Gasteiger partial charge in [-0.1, -0.05) is 51.8 Å². The molecule has 2 aromatic rings. The molecule has 0 spiro atoms. The summed E-state index contributed by atoms with van der Waals surface area (Å²) in [6, 6.07) is 17.0. The SMILES string of the molecule is Clc1ccc(C2(c3ccc(Br)cc3)SCCCS2)cc1.SCCCS. The number of hydrogen-bond donors (Lipinski definition) is 2. The van der Waals surface area contributed by atoms with E-state index in [4.69, 9.17) is 11.6 Å². The van der Waals surface area contributed by atoms with Crippen LogP contribution in [0.5, 0.6) is 0 Å². The van der Waals surface area contributed by atoms with Gasteiger partial charge in [-0.2, -0.15) is 25.3 Å². The summed E-state index contributed by atoms with van der Waals surface area (Å²) >= 11 is 21.5. The molecule has 0 aliphatic carbocycles. The Kier molecular flexibility index (Phi) is 10.0. The van der Waals surface area contributed by atoms with Crippen molar-refractivity contribution < 1.29 is 0 Å². The molecule has 1 saturated heterocycles. The smallest absolute Gasteiger partial charge is 0.111 e. The molecule has 0 nitrogen and oxygen atoms in total. The Balaban J connectivity index is 0.000000399. The summed E-state index contributed by atoms with van der Waals surface area (Å²) in [4.78, 5) is 0. The summed E-state index contributed by atoms with van der Waals surface area (Å²) in [7, 11) is 0. The number of thioether (sulfide) groups is 2. The van der Waals surface area contributed by atoms with Crippen LogP contribution in [0.3, 0.4) is 0 Å². The van der Waals surface area contributed by atoms with E-state index in [-0.39, 0.29) is 4.08 Å². The molecule has 0 bridgehead atoms. The van der Waals surface area contributed by atoms with Crippen molar-refractivity contribution in [3.63, 3.8) is 0 Å². The summed E-state index contributed by atoms with van der Waals surface area (Å²) in [6.45, 7) is 0. The van der Waals surface area contributed by atoms with Crippen LogP contribution in [-0.4, -0.2) is 23.0 Å². The van der Waals surface area contributed by atoms with E-state index in [1.54, 1.807) is 0 Å². The molecule has 1 heterocycles. The maximum Gasteiger partial charge on any atom is 0.111 e. The predicted molar refractivity (Wildman–Crippen MR) is 128 cm³/mol. The normalized spacial score (nSPS) is 16.0. The van der Waals surface area contributed by atoms with Crippen molar-refractivity contribution in [3.05, 3.63) is 69.2 Å². The second kappa shape index (κ2) is 11.5. The highest BCUT2D eigenvalue weighted by atomic mass is 79.9. The summed E-state index contributed by atoms with van der Waals surface area (Å²) in [5.41, 5.74) is 2.69. The maximum absolute atomic E-state index is 6.04. The fourth-order valence-corrected chi connectivity index (χ4v) is 6.78. The minimum Gasteiger partial charge on any atom is -0.179 e. The molecule has 3 rings (SSSR count). The molecule has 0 atom stereocenters. The highest BCUT2D eigenvalue weighted by Crippen LogP contribution is 2.54. The van der Waals surface area contributed by atoms with Crippen LogP contribution in [-0.2, 0) is 4.08 Å². The van der Waals surface area contributed by atoms with Gasteiger partial charge in [-0.3, -0.25) is 0 Å². The Hall–Kier alpha value is 0.610. The lowest BCUT2D eigenvalue weighted by atomic mass is 10.0. The van der Waals surface area contributed by atoms with Crippen LogP contribution >= 0.6 is 76.3 Å². The van der Waals surface area contributed by atoms with E-state index < -0.39 is 0 Å². The van der Waals surface area contributed by atoms with Gasteiger partial charge in [-0.05, 0) is 71.2 Å². The zero-order chi connectivity index (χ0) is 18.1. The van der Waals surface area contributed by atoms with Crippen molar-refractivity contribution >= 4 is 76.3 Å². The van der Waals surface area contributed by atoms with Gasteiger partial charge in [0.15, 0.2) is 0 Å². The number of rotatable bonds is 4. The van der Waals surface area contributed by atoms with Gasteiger partial charge in [0, 0.05) is 9.50 Å². The molecule has 0 unspecified atom stereocenters. The first kappa shape index (κ1) is 21.9. The first-order chi connectivity index (χ1) is 12.1. The average molecular weight is 494 g/mol. The molecule has 6 heteroatoms. The molecular formula is C19H22BrClS4. The lowest BCUT2D eigenvalue weighted by Crippen LogP contribution is -2.24. The van der Waals surface area contributed by atoms with Crippen LogP contribution in [0, 0.1) is 0 Å². The summed E-state index contributed by atoms with van der Waals surface area (Å²) in [5.74, 6) is 4.32. The summed E-state index contributed by atoms with van der Waals surface area (Å²) in [5, 5.41) is 0.797. The first-order valence-corrected chi connectivity index (χ1v) is 12.5. The number of thiol groups is 2. The highest BCUT2D eigenvalue weighted by Gasteiger charge is 2.37. The standard InChI is InChI=1S/C16H14BrClS2.C3H8S2/c17-14-6-2-12(3-7-14)16(19-10-1-11-20-16)13-4-8-15(18)9-5-13;4-2-1-3-5/h2-9H,1,10-11H2;4-5H,1-3H2. The number of benzene rings is 2. The van der Waals surface area contributed by atoms with Crippen molar-refractivity contribution in [3.8, 4) is 0 Å². The van der Waals surface area contributed by atoms with E-state index >= 15 is 0 Å². The van der Waals surface area contributed by atoms with Crippen molar-refractivity contribution in [1.29, 1.82) is 0 Å². The minimum absolute atomic E-state index is 0.00351. The molecule has 136 valence electrons. The van der Waals surface area contributed by atoms with E-state index in [2.05, 4.69) is 77.6 Å². The van der Waals surface area contributed by atoms with E-state index in [0.717, 1.165) is 27.4 Å². The van der Waals surface area contributed by atoms with Gasteiger partial charge in [-0.15, -0.1) is 23.5 Å². The lowest BCUT2D eigenvalue weighted by Gasteiger charge is -2.37. The molecule has 2 aromatic carbocycles. The van der Waals surface area contributed by atoms with Crippen molar-refractivity contribution in [2.45, 2.75) is 16.9 Å². The first-order valence-electron chi connectivity index (χ1n) is 8.14. The van der Waals surface area contributed by atoms with Crippen LogP contribution in [0.4, 0.5) is 0 Å².